The van der Waals surface area contributed by atoms with Gasteiger partial charge in [0.2, 0.25) is 0 Å². The van der Waals surface area contributed by atoms with Crippen LogP contribution in [0.15, 0.2) is 55.1 Å². The molecule has 0 heterocycles. The van der Waals surface area contributed by atoms with Crippen molar-refractivity contribution in [2.45, 2.75) is 45.1 Å². The first kappa shape index (κ1) is 20.6. The molecule has 152 valence electrons. The predicted molar refractivity (Wildman–Crippen MR) is 115 cm³/mol. The first-order chi connectivity index (χ1) is 14.1. The van der Waals surface area contributed by atoms with Gasteiger partial charge in [-0.2, -0.15) is 0 Å². The van der Waals surface area contributed by atoms with Gasteiger partial charge in [-0.3, -0.25) is 9.59 Å². The van der Waals surface area contributed by atoms with Gasteiger partial charge in [0.25, 0.3) is 11.8 Å². The maximum absolute atomic E-state index is 12.8. The quantitative estimate of drug-likeness (QED) is 0.659. The van der Waals surface area contributed by atoms with Crippen molar-refractivity contribution in [2.24, 2.45) is 0 Å². The molecule has 1 aliphatic rings. The second-order valence-electron chi connectivity index (χ2n) is 7.19. The molecule has 0 aliphatic heterocycles. The van der Waals surface area contributed by atoms with Crippen LogP contribution in [0.3, 0.4) is 0 Å². The van der Waals surface area contributed by atoms with Crippen molar-refractivity contribution in [2.75, 3.05) is 11.9 Å². The fourth-order valence-corrected chi connectivity index (χ4v) is 3.53. The maximum Gasteiger partial charge on any atom is 0.265 e. The molecule has 0 spiro atoms. The van der Waals surface area contributed by atoms with Gasteiger partial charge >= 0.3 is 0 Å². The number of benzene rings is 2. The van der Waals surface area contributed by atoms with E-state index in [1.165, 1.54) is 24.0 Å². The molecule has 0 saturated heterocycles. The molecule has 0 aromatic heterocycles. The zero-order valence-electron chi connectivity index (χ0n) is 16.9. The van der Waals surface area contributed by atoms with Crippen molar-refractivity contribution in [1.29, 1.82) is 0 Å². The average Bonchev–Trinajstić information content (AvgIpc) is 2.76. The minimum absolute atomic E-state index is 0.260. The fourth-order valence-electron chi connectivity index (χ4n) is 3.53. The number of carbonyl (C=O) groups is 2. The molecular weight excluding hydrogens is 364 g/mol. The predicted octanol–water partition coefficient (Wildman–Crippen LogP) is 4.28. The second-order valence-corrected chi connectivity index (χ2v) is 7.19. The van der Waals surface area contributed by atoms with Crippen molar-refractivity contribution in [1.82, 2.24) is 5.32 Å². The van der Waals surface area contributed by atoms with Crippen LogP contribution in [0.25, 0.3) is 0 Å². The summed E-state index contributed by atoms with van der Waals surface area (Å²) in [6.45, 7) is 5.87. The van der Waals surface area contributed by atoms with Gasteiger partial charge in [0.1, 0.15) is 5.75 Å². The summed E-state index contributed by atoms with van der Waals surface area (Å²) in [5.41, 5.74) is 3.56. The summed E-state index contributed by atoms with van der Waals surface area (Å²) in [6, 6.07) is 13.0. The Morgan fingerprint density at radius 2 is 1.90 bits per heavy atom. The fraction of sp³-hybridized carbons (Fsp3) is 0.333. The maximum atomic E-state index is 12.8. The first-order valence-electron chi connectivity index (χ1n) is 10.2. The van der Waals surface area contributed by atoms with E-state index >= 15 is 0 Å². The van der Waals surface area contributed by atoms with Gasteiger partial charge in [0.15, 0.2) is 6.10 Å². The molecule has 2 amide bonds. The Hall–Kier alpha value is -3.08. The molecule has 5 nitrogen and oxygen atoms in total. The monoisotopic (exact) mass is 392 g/mol. The number of fused-ring (bicyclic) bond motifs is 1. The molecule has 29 heavy (non-hydrogen) atoms. The van der Waals surface area contributed by atoms with Crippen LogP contribution in [0, 0.1) is 0 Å². The molecule has 1 aliphatic carbocycles. The van der Waals surface area contributed by atoms with Crippen molar-refractivity contribution in [3.63, 3.8) is 0 Å². The third kappa shape index (κ3) is 5.25. The van der Waals surface area contributed by atoms with E-state index < -0.39 is 6.10 Å². The molecule has 3 rings (SSSR count). The third-order valence-corrected chi connectivity index (χ3v) is 5.10. The van der Waals surface area contributed by atoms with Crippen molar-refractivity contribution >= 4 is 17.5 Å². The highest BCUT2D eigenvalue weighted by atomic mass is 16.5. The average molecular weight is 392 g/mol. The summed E-state index contributed by atoms with van der Waals surface area (Å²) < 4.78 is 6.00. The molecule has 2 aromatic carbocycles. The summed E-state index contributed by atoms with van der Waals surface area (Å²) >= 11 is 0. The van der Waals surface area contributed by atoms with E-state index in [4.69, 9.17) is 4.74 Å². The summed E-state index contributed by atoms with van der Waals surface area (Å²) in [4.78, 5) is 25.2. The van der Waals surface area contributed by atoms with Crippen molar-refractivity contribution in [3.8, 4) is 5.75 Å². The highest BCUT2D eigenvalue weighted by Gasteiger charge is 2.21. The van der Waals surface area contributed by atoms with Crippen LogP contribution in [0.4, 0.5) is 5.69 Å². The number of anilines is 1. The van der Waals surface area contributed by atoms with Crippen LogP contribution in [0.1, 0.15) is 47.7 Å². The van der Waals surface area contributed by atoms with E-state index in [0.717, 1.165) is 12.8 Å². The Bertz CT molecular complexity index is 891. The smallest absolute Gasteiger partial charge is 0.265 e. The minimum Gasteiger partial charge on any atom is -0.481 e. The van der Waals surface area contributed by atoms with Crippen LogP contribution in [-0.4, -0.2) is 24.5 Å². The van der Waals surface area contributed by atoms with Gasteiger partial charge in [-0.1, -0.05) is 31.2 Å². The topological polar surface area (TPSA) is 67.4 Å². The molecule has 1 atom stereocenters. The van der Waals surface area contributed by atoms with Gasteiger partial charge in [-0.15, -0.1) is 6.58 Å². The Labute approximate surface area is 172 Å². The number of amides is 2. The number of rotatable bonds is 8. The van der Waals surface area contributed by atoms with Crippen LogP contribution >= 0.6 is 0 Å². The normalized spacial score (nSPS) is 13.7. The van der Waals surface area contributed by atoms with Gasteiger partial charge in [-0.05, 0) is 67.5 Å². The van der Waals surface area contributed by atoms with E-state index in [1.54, 1.807) is 30.3 Å². The van der Waals surface area contributed by atoms with E-state index in [1.807, 2.05) is 13.0 Å². The van der Waals surface area contributed by atoms with Crippen LogP contribution in [0.5, 0.6) is 5.75 Å². The van der Waals surface area contributed by atoms with E-state index in [9.17, 15) is 9.59 Å². The lowest BCUT2D eigenvalue weighted by atomic mass is 9.92. The van der Waals surface area contributed by atoms with Crippen LogP contribution < -0.4 is 15.4 Å². The SMILES string of the molecule is C=CCNC(=O)c1ccccc1NC(=O)[C@H](CC)Oc1ccc2c(c1)CCCC2. The molecule has 2 N–H and O–H groups in total. The van der Waals surface area contributed by atoms with Crippen LogP contribution in [-0.2, 0) is 17.6 Å². The first-order valence-corrected chi connectivity index (χ1v) is 10.2. The Kier molecular flexibility index (Phi) is 7.06. The Morgan fingerprint density at radius 1 is 1.14 bits per heavy atom. The molecule has 5 heteroatoms. The number of hydrogen-bond donors (Lipinski definition) is 2. The highest BCUT2D eigenvalue weighted by Crippen LogP contribution is 2.26. The minimum atomic E-state index is -0.638. The van der Waals surface area contributed by atoms with Gasteiger partial charge in [0, 0.05) is 6.54 Å². The lowest BCUT2D eigenvalue weighted by Gasteiger charge is -2.21. The number of ether oxygens (including phenoxy) is 1. The number of nitrogens with one attached hydrogen (secondary N) is 2. The number of para-hydroxylation sites is 1. The number of hydrogen-bond acceptors (Lipinski definition) is 3. The molecule has 0 fully saturated rings. The van der Waals surface area contributed by atoms with Gasteiger partial charge < -0.3 is 15.4 Å². The van der Waals surface area contributed by atoms with Gasteiger partial charge in [-0.25, -0.2) is 0 Å². The summed E-state index contributed by atoms with van der Waals surface area (Å²) in [7, 11) is 0. The summed E-state index contributed by atoms with van der Waals surface area (Å²) in [6.07, 6.45) is 6.08. The van der Waals surface area contributed by atoms with Crippen LogP contribution in [0.2, 0.25) is 0 Å². The lowest BCUT2D eigenvalue weighted by Crippen LogP contribution is -2.33. The molecular formula is C24H28N2O3. The Morgan fingerprint density at radius 3 is 2.66 bits per heavy atom. The van der Waals surface area contributed by atoms with E-state index in [0.29, 0.717) is 30.0 Å². The van der Waals surface area contributed by atoms with Crippen molar-refractivity contribution < 1.29 is 14.3 Å². The second kappa shape index (κ2) is 9.92. The molecule has 0 radical (unpaired) electrons. The van der Waals surface area contributed by atoms with E-state index in [2.05, 4.69) is 29.3 Å². The highest BCUT2D eigenvalue weighted by molar-refractivity contribution is 6.04. The summed E-state index contributed by atoms with van der Waals surface area (Å²) in [5.74, 6) is 0.184. The third-order valence-electron chi connectivity index (χ3n) is 5.10. The zero-order valence-corrected chi connectivity index (χ0v) is 16.9. The Balaban J connectivity index is 1.71. The number of carbonyl (C=O) groups excluding carboxylic acids is 2. The molecule has 2 aromatic rings. The molecule has 0 saturated carbocycles. The largest absolute Gasteiger partial charge is 0.481 e. The van der Waals surface area contributed by atoms with Crippen molar-refractivity contribution in [3.05, 3.63) is 71.8 Å². The molecule has 0 unspecified atom stereocenters. The number of aryl methyl sites for hydroxylation is 2. The zero-order chi connectivity index (χ0) is 20.6. The lowest BCUT2D eigenvalue weighted by molar-refractivity contribution is -0.122. The van der Waals surface area contributed by atoms with E-state index in [-0.39, 0.29) is 11.8 Å². The van der Waals surface area contributed by atoms with Gasteiger partial charge in [0.05, 0.1) is 11.3 Å². The summed E-state index contributed by atoms with van der Waals surface area (Å²) in [5, 5.41) is 5.59. The molecule has 0 bridgehead atoms. The standard InChI is InChI=1S/C24H28N2O3/c1-3-15-25-23(27)20-11-7-8-12-21(20)26-24(28)22(4-2)29-19-14-13-17-9-5-6-10-18(17)16-19/h3,7-8,11-14,16,22H,1,4-6,9-10,15H2,2H3,(H,25,27)(H,26,28)/t22-/m0/s1.